The molecule has 1 heterocycles. The summed E-state index contributed by atoms with van der Waals surface area (Å²) in [6.45, 7) is 5.98. The van der Waals surface area contributed by atoms with E-state index in [4.69, 9.17) is 9.47 Å². The van der Waals surface area contributed by atoms with Crippen LogP contribution in [0.3, 0.4) is 0 Å². The third-order valence-electron chi connectivity index (χ3n) is 3.92. The number of ether oxygens (including phenoxy) is 2. The fraction of sp³-hybridized carbons (Fsp3) is 0.400. The third-order valence-corrected chi connectivity index (χ3v) is 3.92. The van der Waals surface area contributed by atoms with Crippen LogP contribution in [0, 0.1) is 6.92 Å². The predicted octanol–water partition coefficient (Wildman–Crippen LogP) is 2.71. The molecule has 0 aliphatic carbocycles. The Hall–Kier alpha value is -2.76. The van der Waals surface area contributed by atoms with E-state index < -0.39 is 0 Å². The number of nitrogens with one attached hydrogen (secondary N) is 2. The molecule has 0 aliphatic rings. The lowest BCUT2D eigenvalue weighted by Gasteiger charge is -2.14. The van der Waals surface area contributed by atoms with Gasteiger partial charge in [-0.25, -0.2) is 4.98 Å². The fourth-order valence-electron chi connectivity index (χ4n) is 2.64. The first-order valence-electron chi connectivity index (χ1n) is 8.82. The minimum Gasteiger partial charge on any atom is -0.496 e. The zero-order valence-electron chi connectivity index (χ0n) is 16.0. The second-order valence-electron chi connectivity index (χ2n) is 5.82. The molecule has 0 unspecified atom stereocenters. The standard InChI is InChI=1S/C20H28N4O2/c1-5-26-19-17(7-6-11-22-19)14-24-20(21-3)23-12-10-16-13-15(2)8-9-18(16)25-4/h6-9,11,13H,5,10,12,14H2,1-4H3,(H2,21,23,24). The molecule has 0 amide bonds. The Morgan fingerprint density at radius 2 is 2.04 bits per heavy atom. The lowest BCUT2D eigenvalue weighted by atomic mass is 10.1. The van der Waals surface area contributed by atoms with Gasteiger partial charge in [0.15, 0.2) is 5.96 Å². The van der Waals surface area contributed by atoms with Crippen LogP contribution in [0.25, 0.3) is 0 Å². The van der Waals surface area contributed by atoms with Crippen molar-refractivity contribution in [2.24, 2.45) is 4.99 Å². The topological polar surface area (TPSA) is 67.8 Å². The van der Waals surface area contributed by atoms with Crippen molar-refractivity contribution < 1.29 is 9.47 Å². The minimum atomic E-state index is 0.593. The molecule has 0 aliphatic heterocycles. The average Bonchev–Trinajstić information content (AvgIpc) is 2.66. The molecule has 6 nitrogen and oxygen atoms in total. The number of hydrogen-bond donors (Lipinski definition) is 2. The summed E-state index contributed by atoms with van der Waals surface area (Å²) >= 11 is 0. The van der Waals surface area contributed by atoms with Crippen molar-refractivity contribution in [2.45, 2.75) is 26.8 Å². The molecule has 0 bridgehead atoms. The lowest BCUT2D eigenvalue weighted by Crippen LogP contribution is -2.38. The Kier molecular flexibility index (Phi) is 7.74. The van der Waals surface area contributed by atoms with Crippen LogP contribution in [-0.2, 0) is 13.0 Å². The quantitative estimate of drug-likeness (QED) is 0.562. The maximum absolute atomic E-state index is 5.55. The Morgan fingerprint density at radius 3 is 2.77 bits per heavy atom. The van der Waals surface area contributed by atoms with Crippen molar-refractivity contribution in [1.29, 1.82) is 0 Å². The van der Waals surface area contributed by atoms with Gasteiger partial charge in [-0.15, -0.1) is 0 Å². The zero-order chi connectivity index (χ0) is 18.8. The molecule has 0 fully saturated rings. The van der Waals surface area contributed by atoms with Crippen LogP contribution < -0.4 is 20.1 Å². The van der Waals surface area contributed by atoms with E-state index in [1.165, 1.54) is 11.1 Å². The first-order valence-corrected chi connectivity index (χ1v) is 8.82. The summed E-state index contributed by atoms with van der Waals surface area (Å²) in [4.78, 5) is 8.54. The first kappa shape index (κ1) is 19.6. The van der Waals surface area contributed by atoms with Gasteiger partial charge in [0.2, 0.25) is 5.88 Å². The Morgan fingerprint density at radius 1 is 1.19 bits per heavy atom. The fourth-order valence-corrected chi connectivity index (χ4v) is 2.64. The van der Waals surface area contributed by atoms with Crippen molar-refractivity contribution in [3.05, 3.63) is 53.2 Å². The average molecular weight is 356 g/mol. The first-order chi connectivity index (χ1) is 12.7. The number of methoxy groups -OCH3 is 1. The molecule has 0 spiro atoms. The van der Waals surface area contributed by atoms with Crippen molar-refractivity contribution >= 4 is 5.96 Å². The molecule has 0 radical (unpaired) electrons. The molecule has 1 aromatic heterocycles. The highest BCUT2D eigenvalue weighted by Crippen LogP contribution is 2.19. The molecule has 1 aromatic carbocycles. The Bertz CT molecular complexity index is 732. The molecular formula is C20H28N4O2. The van der Waals surface area contributed by atoms with Crippen LogP contribution in [0.4, 0.5) is 0 Å². The molecule has 0 saturated carbocycles. The maximum atomic E-state index is 5.55. The van der Waals surface area contributed by atoms with Crippen molar-refractivity contribution in [2.75, 3.05) is 27.3 Å². The summed E-state index contributed by atoms with van der Waals surface area (Å²) in [6.07, 6.45) is 2.58. The number of rotatable bonds is 8. The van der Waals surface area contributed by atoms with E-state index in [1.807, 2.05) is 25.1 Å². The summed E-state index contributed by atoms with van der Waals surface area (Å²) in [5.41, 5.74) is 3.40. The smallest absolute Gasteiger partial charge is 0.218 e. The molecule has 2 N–H and O–H groups in total. The number of guanidine groups is 1. The van der Waals surface area contributed by atoms with Gasteiger partial charge >= 0.3 is 0 Å². The van der Waals surface area contributed by atoms with Gasteiger partial charge < -0.3 is 20.1 Å². The van der Waals surface area contributed by atoms with Gasteiger partial charge in [-0.1, -0.05) is 23.8 Å². The number of nitrogens with zero attached hydrogens (tertiary/aromatic N) is 2. The van der Waals surface area contributed by atoms with Gasteiger partial charge in [0.05, 0.1) is 13.7 Å². The zero-order valence-corrected chi connectivity index (χ0v) is 16.0. The Labute approximate surface area is 155 Å². The van der Waals surface area contributed by atoms with Crippen molar-refractivity contribution in [3.8, 4) is 11.6 Å². The molecular weight excluding hydrogens is 328 g/mol. The molecule has 2 aromatic rings. The number of aromatic nitrogens is 1. The van der Waals surface area contributed by atoms with E-state index in [-0.39, 0.29) is 0 Å². The highest BCUT2D eigenvalue weighted by Gasteiger charge is 2.07. The number of aliphatic imine (C=N–C) groups is 1. The summed E-state index contributed by atoms with van der Waals surface area (Å²) in [5.74, 6) is 2.31. The largest absolute Gasteiger partial charge is 0.496 e. The van der Waals surface area contributed by atoms with E-state index in [1.54, 1.807) is 20.4 Å². The monoisotopic (exact) mass is 356 g/mol. The summed E-state index contributed by atoms with van der Waals surface area (Å²) in [6, 6.07) is 10.1. The van der Waals surface area contributed by atoms with Crippen LogP contribution >= 0.6 is 0 Å². The van der Waals surface area contributed by atoms with Gasteiger partial charge in [-0.2, -0.15) is 0 Å². The van der Waals surface area contributed by atoms with Gasteiger partial charge in [0.1, 0.15) is 5.75 Å². The number of pyridine rings is 1. The van der Waals surface area contributed by atoms with E-state index >= 15 is 0 Å². The molecule has 6 heteroatoms. The maximum Gasteiger partial charge on any atom is 0.218 e. The second kappa shape index (κ2) is 10.3. The molecule has 26 heavy (non-hydrogen) atoms. The second-order valence-corrected chi connectivity index (χ2v) is 5.82. The van der Waals surface area contributed by atoms with Crippen LogP contribution in [0.1, 0.15) is 23.6 Å². The van der Waals surface area contributed by atoms with E-state index in [9.17, 15) is 0 Å². The molecule has 2 rings (SSSR count). The summed E-state index contributed by atoms with van der Waals surface area (Å²) in [7, 11) is 3.46. The van der Waals surface area contributed by atoms with Crippen molar-refractivity contribution in [1.82, 2.24) is 15.6 Å². The van der Waals surface area contributed by atoms with Crippen LogP contribution in [0.2, 0.25) is 0 Å². The van der Waals surface area contributed by atoms with Gasteiger partial charge in [0, 0.05) is 31.9 Å². The van der Waals surface area contributed by atoms with Crippen LogP contribution in [0.15, 0.2) is 41.5 Å². The van der Waals surface area contributed by atoms with Crippen molar-refractivity contribution in [3.63, 3.8) is 0 Å². The van der Waals surface area contributed by atoms with E-state index in [0.717, 1.165) is 30.2 Å². The van der Waals surface area contributed by atoms with Gasteiger partial charge in [-0.05, 0) is 38.0 Å². The normalized spacial score (nSPS) is 11.2. The summed E-state index contributed by atoms with van der Waals surface area (Å²) < 4.78 is 11.0. The molecule has 0 saturated heterocycles. The molecule has 0 atom stereocenters. The Balaban J connectivity index is 1.88. The van der Waals surface area contributed by atoms with Gasteiger partial charge in [0.25, 0.3) is 0 Å². The van der Waals surface area contributed by atoms with Crippen LogP contribution in [0.5, 0.6) is 11.6 Å². The van der Waals surface area contributed by atoms with Crippen LogP contribution in [-0.4, -0.2) is 38.3 Å². The number of aryl methyl sites for hydroxylation is 1. The summed E-state index contributed by atoms with van der Waals surface area (Å²) in [5, 5.41) is 6.63. The minimum absolute atomic E-state index is 0.593. The highest BCUT2D eigenvalue weighted by atomic mass is 16.5. The predicted molar refractivity (Wildman–Crippen MR) is 105 cm³/mol. The third kappa shape index (κ3) is 5.65. The highest BCUT2D eigenvalue weighted by molar-refractivity contribution is 5.79. The molecule has 140 valence electrons. The lowest BCUT2D eigenvalue weighted by molar-refractivity contribution is 0.322. The van der Waals surface area contributed by atoms with E-state index in [2.05, 4.69) is 39.7 Å². The van der Waals surface area contributed by atoms with E-state index in [0.29, 0.717) is 19.0 Å². The SMILES string of the molecule is CCOc1ncccc1CNC(=NC)NCCc1cc(C)ccc1OC. The number of hydrogen-bond acceptors (Lipinski definition) is 4. The number of benzene rings is 1. The van der Waals surface area contributed by atoms with Gasteiger partial charge in [-0.3, -0.25) is 4.99 Å².